The maximum absolute atomic E-state index is 5.83. The molecule has 0 aliphatic carbocycles. The van der Waals surface area contributed by atoms with Gasteiger partial charge < -0.3 is 10.5 Å². The zero-order valence-electron chi connectivity index (χ0n) is 11.6. The summed E-state index contributed by atoms with van der Waals surface area (Å²) >= 11 is 0. The van der Waals surface area contributed by atoms with Crippen LogP contribution in [0.2, 0.25) is 0 Å². The van der Waals surface area contributed by atoms with Crippen molar-refractivity contribution < 1.29 is 4.74 Å². The minimum absolute atomic E-state index is 0.186. The van der Waals surface area contributed by atoms with Crippen molar-refractivity contribution in [2.45, 2.75) is 46.1 Å². The third kappa shape index (κ3) is 4.43. The van der Waals surface area contributed by atoms with Gasteiger partial charge in [-0.3, -0.25) is 0 Å². The Morgan fingerprint density at radius 2 is 1.94 bits per heavy atom. The molecule has 2 N–H and O–H groups in total. The van der Waals surface area contributed by atoms with E-state index in [-0.39, 0.29) is 6.04 Å². The van der Waals surface area contributed by atoms with E-state index in [1.54, 1.807) is 0 Å². The van der Waals surface area contributed by atoms with Crippen molar-refractivity contribution in [3.8, 4) is 18.1 Å². The number of aryl methyl sites for hydroxylation is 2. The molecule has 0 aromatic heterocycles. The van der Waals surface area contributed by atoms with E-state index < -0.39 is 0 Å². The number of hydrogen-bond donors (Lipinski definition) is 1. The Morgan fingerprint density at radius 3 is 2.44 bits per heavy atom. The van der Waals surface area contributed by atoms with Crippen LogP contribution in [-0.2, 0) is 6.42 Å². The van der Waals surface area contributed by atoms with Crippen LogP contribution in [0.3, 0.4) is 0 Å². The minimum Gasteiger partial charge on any atom is -0.493 e. The standard InChI is InChI=1S/C16H23NO/c1-5-6-7-8-18-16-12(2)9-15(10-13(16)3)11-14(4)17/h1,9-10,14H,6-8,11,17H2,2-4H3. The predicted octanol–water partition coefficient (Wildman–Crippen LogP) is 2.99. The molecule has 0 heterocycles. The van der Waals surface area contributed by atoms with Gasteiger partial charge in [-0.2, -0.15) is 0 Å². The first kappa shape index (κ1) is 14.6. The van der Waals surface area contributed by atoms with Gasteiger partial charge in [-0.1, -0.05) is 12.1 Å². The summed E-state index contributed by atoms with van der Waals surface area (Å²) < 4.78 is 5.80. The normalized spacial score (nSPS) is 11.9. The molecule has 0 radical (unpaired) electrons. The maximum Gasteiger partial charge on any atom is 0.125 e. The Morgan fingerprint density at radius 1 is 1.33 bits per heavy atom. The van der Waals surface area contributed by atoms with Crippen molar-refractivity contribution in [1.82, 2.24) is 0 Å². The number of ether oxygens (including phenoxy) is 1. The van der Waals surface area contributed by atoms with Crippen LogP contribution in [0.25, 0.3) is 0 Å². The Kier molecular flexibility index (Phi) is 5.74. The molecule has 98 valence electrons. The number of rotatable bonds is 6. The fourth-order valence-corrected chi connectivity index (χ4v) is 2.11. The molecule has 0 aliphatic heterocycles. The zero-order chi connectivity index (χ0) is 13.5. The molecule has 2 nitrogen and oxygen atoms in total. The highest BCUT2D eigenvalue weighted by atomic mass is 16.5. The van der Waals surface area contributed by atoms with Crippen LogP contribution in [0.4, 0.5) is 0 Å². The number of unbranched alkanes of at least 4 members (excludes halogenated alkanes) is 1. The monoisotopic (exact) mass is 245 g/mol. The Balaban J connectivity index is 2.72. The molecule has 18 heavy (non-hydrogen) atoms. The second kappa shape index (κ2) is 7.08. The summed E-state index contributed by atoms with van der Waals surface area (Å²) in [4.78, 5) is 0. The molecule has 1 atom stereocenters. The molecule has 1 aromatic carbocycles. The van der Waals surface area contributed by atoms with E-state index >= 15 is 0 Å². The molecular formula is C16H23NO. The van der Waals surface area contributed by atoms with E-state index in [0.29, 0.717) is 6.61 Å². The summed E-state index contributed by atoms with van der Waals surface area (Å²) in [5, 5.41) is 0. The molecule has 0 spiro atoms. The van der Waals surface area contributed by atoms with Crippen molar-refractivity contribution >= 4 is 0 Å². The molecule has 0 amide bonds. The van der Waals surface area contributed by atoms with Crippen LogP contribution >= 0.6 is 0 Å². The average Bonchev–Trinajstić information content (AvgIpc) is 2.26. The summed E-state index contributed by atoms with van der Waals surface area (Å²) in [7, 11) is 0. The number of benzene rings is 1. The maximum atomic E-state index is 5.83. The van der Waals surface area contributed by atoms with E-state index in [2.05, 4.69) is 31.9 Å². The van der Waals surface area contributed by atoms with Crippen LogP contribution < -0.4 is 10.5 Å². The third-order valence-corrected chi connectivity index (χ3v) is 2.79. The molecule has 0 saturated carbocycles. The third-order valence-electron chi connectivity index (χ3n) is 2.79. The summed E-state index contributed by atoms with van der Waals surface area (Å²) in [6.45, 7) is 6.86. The topological polar surface area (TPSA) is 35.2 Å². The van der Waals surface area contributed by atoms with Gasteiger partial charge in [-0.15, -0.1) is 12.3 Å². The summed E-state index contributed by atoms with van der Waals surface area (Å²) in [5.74, 6) is 3.61. The SMILES string of the molecule is C#CCCCOc1c(C)cc(CC(C)N)cc1C. The summed E-state index contributed by atoms with van der Waals surface area (Å²) in [6.07, 6.45) is 7.78. The lowest BCUT2D eigenvalue weighted by molar-refractivity contribution is 0.308. The highest BCUT2D eigenvalue weighted by Crippen LogP contribution is 2.25. The van der Waals surface area contributed by atoms with Crippen molar-refractivity contribution in [2.75, 3.05) is 6.61 Å². The molecule has 1 aromatic rings. The van der Waals surface area contributed by atoms with Crippen molar-refractivity contribution in [3.05, 3.63) is 28.8 Å². The highest BCUT2D eigenvalue weighted by molar-refractivity contribution is 5.43. The summed E-state index contributed by atoms with van der Waals surface area (Å²) in [5.41, 5.74) is 9.45. The van der Waals surface area contributed by atoms with Gasteiger partial charge >= 0.3 is 0 Å². The highest BCUT2D eigenvalue weighted by Gasteiger charge is 2.07. The predicted molar refractivity (Wildman–Crippen MR) is 76.8 cm³/mol. The van der Waals surface area contributed by atoms with Gasteiger partial charge in [-0.25, -0.2) is 0 Å². The van der Waals surface area contributed by atoms with Gasteiger partial charge in [0.15, 0.2) is 0 Å². The second-order valence-electron chi connectivity index (χ2n) is 4.90. The van der Waals surface area contributed by atoms with Crippen LogP contribution in [-0.4, -0.2) is 12.6 Å². The average molecular weight is 245 g/mol. The van der Waals surface area contributed by atoms with Gasteiger partial charge in [0.1, 0.15) is 5.75 Å². The van der Waals surface area contributed by atoms with E-state index in [1.807, 2.05) is 6.92 Å². The van der Waals surface area contributed by atoms with Gasteiger partial charge in [0.05, 0.1) is 6.61 Å². The lowest BCUT2D eigenvalue weighted by atomic mass is 10.0. The summed E-state index contributed by atoms with van der Waals surface area (Å²) in [6, 6.07) is 4.51. The molecule has 1 unspecified atom stereocenters. The molecule has 1 rings (SSSR count). The van der Waals surface area contributed by atoms with Crippen LogP contribution in [0.15, 0.2) is 12.1 Å². The smallest absolute Gasteiger partial charge is 0.125 e. The molecule has 2 heteroatoms. The van der Waals surface area contributed by atoms with E-state index in [1.165, 1.54) is 16.7 Å². The van der Waals surface area contributed by atoms with Crippen molar-refractivity contribution in [1.29, 1.82) is 0 Å². The first-order valence-electron chi connectivity index (χ1n) is 6.46. The largest absolute Gasteiger partial charge is 0.493 e. The van der Waals surface area contributed by atoms with E-state index in [4.69, 9.17) is 16.9 Å². The Labute approximate surface area is 111 Å². The van der Waals surface area contributed by atoms with Crippen LogP contribution in [0.1, 0.15) is 36.5 Å². The zero-order valence-corrected chi connectivity index (χ0v) is 11.6. The fourth-order valence-electron chi connectivity index (χ4n) is 2.11. The molecule has 0 aliphatic rings. The van der Waals surface area contributed by atoms with Crippen LogP contribution in [0, 0.1) is 26.2 Å². The molecule has 0 fully saturated rings. The van der Waals surface area contributed by atoms with E-state index in [0.717, 1.165) is 25.0 Å². The fraction of sp³-hybridized carbons (Fsp3) is 0.500. The van der Waals surface area contributed by atoms with Gasteiger partial charge in [0, 0.05) is 12.5 Å². The second-order valence-corrected chi connectivity index (χ2v) is 4.90. The van der Waals surface area contributed by atoms with Crippen molar-refractivity contribution in [2.24, 2.45) is 5.73 Å². The molecular weight excluding hydrogens is 222 g/mol. The first-order chi connectivity index (χ1) is 8.54. The minimum atomic E-state index is 0.186. The number of terminal acetylenes is 1. The lowest BCUT2D eigenvalue weighted by Crippen LogP contribution is -2.18. The quantitative estimate of drug-likeness (QED) is 0.617. The van der Waals surface area contributed by atoms with E-state index in [9.17, 15) is 0 Å². The van der Waals surface area contributed by atoms with Gasteiger partial charge in [0.2, 0.25) is 0 Å². The van der Waals surface area contributed by atoms with Crippen LogP contribution in [0.5, 0.6) is 5.75 Å². The van der Waals surface area contributed by atoms with Gasteiger partial charge in [0.25, 0.3) is 0 Å². The van der Waals surface area contributed by atoms with Crippen molar-refractivity contribution in [3.63, 3.8) is 0 Å². The lowest BCUT2D eigenvalue weighted by Gasteiger charge is -2.14. The van der Waals surface area contributed by atoms with Gasteiger partial charge in [-0.05, 0) is 50.3 Å². The molecule has 0 saturated heterocycles. The number of nitrogens with two attached hydrogens (primary N) is 1. The molecule has 0 bridgehead atoms. The Hall–Kier alpha value is -1.46. The number of hydrogen-bond acceptors (Lipinski definition) is 2. The Bertz CT molecular complexity index is 406. The first-order valence-corrected chi connectivity index (χ1v) is 6.46.